The van der Waals surface area contributed by atoms with Gasteiger partial charge in [-0.05, 0) is 18.2 Å². The summed E-state index contributed by atoms with van der Waals surface area (Å²) in [5.41, 5.74) is 1.75. The monoisotopic (exact) mass is 324 g/mol. The van der Waals surface area contributed by atoms with E-state index < -0.39 is 29.0 Å². The summed E-state index contributed by atoms with van der Waals surface area (Å²) in [6, 6.07) is 6.54. The second kappa shape index (κ2) is 4.63. The number of fused-ring (bicyclic) bond motifs is 1. The molecule has 120 valence electrons. The topological polar surface area (TPSA) is 95.6 Å². The number of nitrogens with one attached hydrogen (secondary N) is 1. The third-order valence-corrected chi connectivity index (χ3v) is 3.77. The number of aromatic hydroxyl groups is 1. The number of nitrogens with two attached hydrogens (primary N) is 1. The lowest BCUT2D eigenvalue weighted by Crippen LogP contribution is -2.35. The first kappa shape index (κ1) is 15.2. The Kier molecular flexibility index (Phi) is 3.05. The number of benzene rings is 2. The van der Waals surface area contributed by atoms with E-state index >= 15 is 0 Å². The van der Waals surface area contributed by atoms with E-state index in [9.17, 15) is 28.2 Å². The molecular weight excluding hydrogens is 313 g/mol. The SMILES string of the molecule is Nc1cccc(C2(O)C(=O)Nc3cc(C(F)(F)F)ccc32)c1O. The van der Waals surface area contributed by atoms with Crippen LogP contribution in [-0.2, 0) is 16.6 Å². The maximum Gasteiger partial charge on any atom is 0.416 e. The molecule has 1 aliphatic heterocycles. The van der Waals surface area contributed by atoms with Gasteiger partial charge in [-0.3, -0.25) is 4.79 Å². The number of carbonyl (C=O) groups is 1. The van der Waals surface area contributed by atoms with Crippen molar-refractivity contribution in [2.24, 2.45) is 0 Å². The molecule has 0 aromatic heterocycles. The Bertz CT molecular complexity index is 820. The Hall–Kier alpha value is -2.74. The molecule has 5 nitrogen and oxygen atoms in total. The number of phenols is 1. The zero-order valence-electron chi connectivity index (χ0n) is 11.5. The molecule has 5 N–H and O–H groups in total. The van der Waals surface area contributed by atoms with E-state index in [2.05, 4.69) is 5.32 Å². The van der Waals surface area contributed by atoms with Crippen molar-refractivity contribution in [3.8, 4) is 5.75 Å². The quantitative estimate of drug-likeness (QED) is 0.477. The summed E-state index contributed by atoms with van der Waals surface area (Å²) < 4.78 is 38.3. The summed E-state index contributed by atoms with van der Waals surface area (Å²) in [7, 11) is 0. The van der Waals surface area contributed by atoms with Gasteiger partial charge in [0.25, 0.3) is 5.91 Å². The second-order valence-electron chi connectivity index (χ2n) is 5.17. The number of hydrogen-bond donors (Lipinski definition) is 4. The van der Waals surface area contributed by atoms with E-state index in [1.54, 1.807) is 0 Å². The van der Waals surface area contributed by atoms with Gasteiger partial charge in [-0.15, -0.1) is 0 Å². The standard InChI is InChI=1S/C15H11F3N2O3/c16-15(17,18)7-4-5-8-11(6-7)20-13(22)14(8,23)9-2-1-3-10(19)12(9)21/h1-6,21,23H,19H2,(H,20,22). The van der Waals surface area contributed by atoms with E-state index in [1.165, 1.54) is 18.2 Å². The van der Waals surface area contributed by atoms with Gasteiger partial charge in [-0.2, -0.15) is 13.2 Å². The fourth-order valence-electron chi connectivity index (χ4n) is 2.60. The van der Waals surface area contributed by atoms with Crippen LogP contribution in [-0.4, -0.2) is 16.1 Å². The molecule has 1 atom stereocenters. The van der Waals surface area contributed by atoms with Crippen LogP contribution in [0, 0.1) is 0 Å². The average molecular weight is 324 g/mol. The molecule has 0 spiro atoms. The van der Waals surface area contributed by atoms with E-state index in [4.69, 9.17) is 5.73 Å². The molecule has 2 aromatic carbocycles. The molecule has 1 aliphatic rings. The van der Waals surface area contributed by atoms with Crippen LogP contribution in [0.2, 0.25) is 0 Å². The highest BCUT2D eigenvalue weighted by atomic mass is 19.4. The number of para-hydroxylation sites is 1. The molecule has 0 radical (unpaired) electrons. The first-order chi connectivity index (χ1) is 10.7. The van der Waals surface area contributed by atoms with Crippen LogP contribution < -0.4 is 11.1 Å². The zero-order chi connectivity index (χ0) is 17.0. The van der Waals surface area contributed by atoms with Gasteiger partial charge in [-0.1, -0.05) is 18.2 Å². The van der Waals surface area contributed by atoms with Crippen molar-refractivity contribution in [2.45, 2.75) is 11.8 Å². The fourth-order valence-corrected chi connectivity index (χ4v) is 2.60. The van der Waals surface area contributed by atoms with Crippen LogP contribution in [0.1, 0.15) is 16.7 Å². The fraction of sp³-hybridized carbons (Fsp3) is 0.133. The molecular formula is C15H11F3N2O3. The van der Waals surface area contributed by atoms with Crippen molar-refractivity contribution < 1.29 is 28.2 Å². The lowest BCUT2D eigenvalue weighted by Gasteiger charge is -2.23. The molecule has 1 unspecified atom stereocenters. The molecule has 3 rings (SSSR count). The van der Waals surface area contributed by atoms with E-state index in [0.29, 0.717) is 0 Å². The van der Waals surface area contributed by atoms with Crippen molar-refractivity contribution in [2.75, 3.05) is 11.1 Å². The molecule has 0 saturated heterocycles. The highest BCUT2D eigenvalue weighted by Gasteiger charge is 2.49. The third kappa shape index (κ3) is 2.10. The van der Waals surface area contributed by atoms with Crippen molar-refractivity contribution >= 4 is 17.3 Å². The molecule has 0 fully saturated rings. The number of hydrogen-bond acceptors (Lipinski definition) is 4. The van der Waals surface area contributed by atoms with Crippen molar-refractivity contribution in [1.82, 2.24) is 0 Å². The van der Waals surface area contributed by atoms with Crippen molar-refractivity contribution in [1.29, 1.82) is 0 Å². The number of carbonyl (C=O) groups excluding carboxylic acids is 1. The number of rotatable bonds is 1. The third-order valence-electron chi connectivity index (χ3n) is 3.77. The average Bonchev–Trinajstić information content (AvgIpc) is 2.73. The molecule has 2 aromatic rings. The van der Waals surface area contributed by atoms with Gasteiger partial charge >= 0.3 is 6.18 Å². The predicted octanol–water partition coefficient (Wildman–Crippen LogP) is 2.18. The van der Waals surface area contributed by atoms with Crippen LogP contribution in [0.25, 0.3) is 0 Å². The Balaban J connectivity index is 2.21. The molecule has 0 saturated carbocycles. The van der Waals surface area contributed by atoms with Gasteiger partial charge in [0.05, 0.1) is 11.3 Å². The number of phenolic OH excluding ortho intramolecular Hbond substituents is 1. The first-order valence-corrected chi connectivity index (χ1v) is 6.49. The summed E-state index contributed by atoms with van der Waals surface area (Å²) in [6.07, 6.45) is -4.58. The highest BCUT2D eigenvalue weighted by Crippen LogP contribution is 2.46. The van der Waals surface area contributed by atoms with E-state index in [1.807, 2.05) is 0 Å². The number of amides is 1. The van der Waals surface area contributed by atoms with E-state index in [0.717, 1.165) is 18.2 Å². The zero-order valence-corrected chi connectivity index (χ0v) is 11.5. The van der Waals surface area contributed by atoms with Crippen LogP contribution in [0.3, 0.4) is 0 Å². The summed E-state index contributed by atoms with van der Waals surface area (Å²) in [5, 5.41) is 23.0. The largest absolute Gasteiger partial charge is 0.505 e. The van der Waals surface area contributed by atoms with Gasteiger partial charge in [0.1, 0.15) is 5.75 Å². The van der Waals surface area contributed by atoms with Gasteiger partial charge in [0, 0.05) is 16.8 Å². The summed E-state index contributed by atoms with van der Waals surface area (Å²) >= 11 is 0. The first-order valence-electron chi connectivity index (χ1n) is 6.49. The minimum absolute atomic E-state index is 0.0657. The Morgan fingerprint density at radius 3 is 2.48 bits per heavy atom. The Morgan fingerprint density at radius 2 is 1.83 bits per heavy atom. The van der Waals surface area contributed by atoms with Gasteiger partial charge < -0.3 is 21.3 Å². The predicted molar refractivity (Wildman–Crippen MR) is 75.6 cm³/mol. The number of anilines is 2. The molecule has 1 amide bonds. The number of nitrogen functional groups attached to an aromatic ring is 1. The summed E-state index contributed by atoms with van der Waals surface area (Å²) in [6.45, 7) is 0. The lowest BCUT2D eigenvalue weighted by molar-refractivity contribution is -0.137. The highest BCUT2D eigenvalue weighted by molar-refractivity contribution is 6.08. The van der Waals surface area contributed by atoms with Gasteiger partial charge in [-0.25, -0.2) is 0 Å². The van der Waals surface area contributed by atoms with Crippen LogP contribution >= 0.6 is 0 Å². The van der Waals surface area contributed by atoms with Crippen molar-refractivity contribution in [3.05, 3.63) is 53.1 Å². The van der Waals surface area contributed by atoms with Crippen molar-refractivity contribution in [3.63, 3.8) is 0 Å². The minimum Gasteiger partial charge on any atom is -0.505 e. The van der Waals surface area contributed by atoms with Gasteiger partial charge in [0.2, 0.25) is 0 Å². The Morgan fingerprint density at radius 1 is 1.13 bits per heavy atom. The van der Waals surface area contributed by atoms with Gasteiger partial charge in [0.15, 0.2) is 5.60 Å². The maximum absolute atomic E-state index is 12.8. The van der Waals surface area contributed by atoms with Crippen LogP contribution in [0.5, 0.6) is 5.75 Å². The number of alkyl halides is 3. The lowest BCUT2D eigenvalue weighted by atomic mass is 9.86. The number of aliphatic hydroxyl groups is 1. The molecule has 1 heterocycles. The normalized spacial score (nSPS) is 20.3. The van der Waals surface area contributed by atoms with E-state index in [-0.39, 0.29) is 22.5 Å². The Labute approximate surface area is 128 Å². The maximum atomic E-state index is 12.8. The summed E-state index contributed by atoms with van der Waals surface area (Å²) in [5.74, 6) is -1.47. The molecule has 23 heavy (non-hydrogen) atoms. The van der Waals surface area contributed by atoms with Crippen LogP contribution in [0.15, 0.2) is 36.4 Å². The minimum atomic E-state index is -4.58. The molecule has 0 aliphatic carbocycles. The molecule has 0 bridgehead atoms. The second-order valence-corrected chi connectivity index (χ2v) is 5.17. The summed E-state index contributed by atoms with van der Waals surface area (Å²) in [4.78, 5) is 12.2. The van der Waals surface area contributed by atoms with Crippen LogP contribution in [0.4, 0.5) is 24.5 Å². The number of halogens is 3. The molecule has 8 heteroatoms. The smallest absolute Gasteiger partial charge is 0.416 e.